The van der Waals surface area contributed by atoms with Gasteiger partial charge in [-0.3, -0.25) is 4.79 Å². The molecule has 1 aliphatic heterocycles. The third-order valence-corrected chi connectivity index (χ3v) is 6.05. The van der Waals surface area contributed by atoms with Crippen molar-refractivity contribution in [1.82, 2.24) is 0 Å². The number of amides is 1. The second-order valence-corrected chi connectivity index (χ2v) is 8.52. The summed E-state index contributed by atoms with van der Waals surface area (Å²) in [6.07, 6.45) is 5.20. The third-order valence-electron chi connectivity index (χ3n) is 6.05. The predicted octanol–water partition coefficient (Wildman–Crippen LogP) is 6.56. The fraction of sp³-hybridized carbons (Fsp3) is 0.226. The standard InChI is InChI=1S/C31H30N2O3/c1-4-11-23-17-22(18-27-26-14-9-10-15-28(26)33(16-5-2)31(27)34)19-29(35-6-3)30(23)36-21-25-13-8-7-12-24(25)20-32/h4,7-10,12-15,17-19H,1,5-6,11,16,21H2,2-3H3/b27-18-. The number of benzene rings is 3. The third kappa shape index (κ3) is 5.04. The van der Waals surface area contributed by atoms with Crippen LogP contribution in [0.1, 0.15) is 48.1 Å². The molecule has 0 atom stereocenters. The van der Waals surface area contributed by atoms with Crippen molar-refractivity contribution in [2.75, 3.05) is 18.1 Å². The number of nitriles is 1. The van der Waals surface area contributed by atoms with E-state index in [9.17, 15) is 10.1 Å². The van der Waals surface area contributed by atoms with Gasteiger partial charge in [-0.15, -0.1) is 6.58 Å². The lowest BCUT2D eigenvalue weighted by atomic mass is 10.0. The van der Waals surface area contributed by atoms with Crippen LogP contribution in [0.25, 0.3) is 11.6 Å². The number of anilines is 1. The van der Waals surface area contributed by atoms with E-state index in [1.807, 2.05) is 78.6 Å². The molecule has 0 saturated heterocycles. The molecule has 0 spiro atoms. The van der Waals surface area contributed by atoms with Gasteiger partial charge in [-0.2, -0.15) is 5.26 Å². The Morgan fingerprint density at radius 3 is 2.56 bits per heavy atom. The van der Waals surface area contributed by atoms with Gasteiger partial charge in [0, 0.05) is 28.8 Å². The lowest BCUT2D eigenvalue weighted by Crippen LogP contribution is -2.26. The molecule has 0 aliphatic carbocycles. The van der Waals surface area contributed by atoms with Gasteiger partial charge in [-0.25, -0.2) is 0 Å². The van der Waals surface area contributed by atoms with Crippen molar-refractivity contribution < 1.29 is 14.3 Å². The van der Waals surface area contributed by atoms with E-state index in [0.717, 1.165) is 34.4 Å². The Bertz CT molecular complexity index is 1350. The first-order chi connectivity index (χ1) is 17.6. The first-order valence-electron chi connectivity index (χ1n) is 12.3. The fourth-order valence-electron chi connectivity index (χ4n) is 4.46. The Morgan fingerprint density at radius 2 is 1.81 bits per heavy atom. The SMILES string of the molecule is C=CCc1cc(/C=C2\C(=O)N(CCC)c3ccccc32)cc(OCC)c1OCc1ccccc1C#N. The molecule has 3 aromatic carbocycles. The van der Waals surface area contributed by atoms with Crippen LogP contribution in [-0.4, -0.2) is 19.1 Å². The monoisotopic (exact) mass is 478 g/mol. The minimum absolute atomic E-state index is 0.00900. The predicted molar refractivity (Wildman–Crippen MR) is 144 cm³/mol. The lowest BCUT2D eigenvalue weighted by Gasteiger charge is -2.17. The topological polar surface area (TPSA) is 62.6 Å². The average molecular weight is 479 g/mol. The van der Waals surface area contributed by atoms with Crippen molar-refractivity contribution in [3.8, 4) is 17.6 Å². The molecule has 0 N–H and O–H groups in total. The number of nitrogens with zero attached hydrogens (tertiary/aromatic N) is 2. The first-order valence-corrected chi connectivity index (χ1v) is 12.3. The van der Waals surface area contributed by atoms with Crippen molar-refractivity contribution in [1.29, 1.82) is 5.26 Å². The molecule has 1 aliphatic rings. The van der Waals surface area contributed by atoms with Crippen LogP contribution < -0.4 is 14.4 Å². The minimum Gasteiger partial charge on any atom is -0.490 e. The van der Waals surface area contributed by atoms with E-state index in [0.29, 0.717) is 42.2 Å². The van der Waals surface area contributed by atoms with Crippen molar-refractivity contribution in [3.05, 3.63) is 101 Å². The molecule has 4 rings (SSSR count). The van der Waals surface area contributed by atoms with Crippen molar-refractivity contribution in [3.63, 3.8) is 0 Å². The van der Waals surface area contributed by atoms with E-state index in [1.165, 1.54) is 0 Å². The van der Waals surface area contributed by atoms with Crippen molar-refractivity contribution >= 4 is 23.2 Å². The maximum absolute atomic E-state index is 13.3. The molecule has 0 radical (unpaired) electrons. The zero-order valence-electron chi connectivity index (χ0n) is 20.8. The van der Waals surface area contributed by atoms with Gasteiger partial charge in [-0.1, -0.05) is 49.4 Å². The highest BCUT2D eigenvalue weighted by atomic mass is 16.5. The van der Waals surface area contributed by atoms with Crippen LogP contribution in [0.3, 0.4) is 0 Å². The minimum atomic E-state index is 0.00900. The fourth-order valence-corrected chi connectivity index (χ4v) is 4.46. The molecule has 0 aromatic heterocycles. The van der Waals surface area contributed by atoms with Crippen LogP contribution in [0.15, 0.2) is 73.3 Å². The Labute approximate surface area is 212 Å². The molecule has 5 heteroatoms. The Morgan fingerprint density at radius 1 is 1.03 bits per heavy atom. The summed E-state index contributed by atoms with van der Waals surface area (Å²) in [6.45, 7) is 9.28. The Balaban J connectivity index is 1.75. The number of hydrogen-bond acceptors (Lipinski definition) is 4. The molecule has 36 heavy (non-hydrogen) atoms. The van der Waals surface area contributed by atoms with Gasteiger partial charge in [0.1, 0.15) is 6.61 Å². The van der Waals surface area contributed by atoms with E-state index < -0.39 is 0 Å². The Kier molecular flexibility index (Phi) is 7.87. The van der Waals surface area contributed by atoms with Crippen LogP contribution in [0.4, 0.5) is 5.69 Å². The molecule has 182 valence electrons. The molecule has 3 aromatic rings. The van der Waals surface area contributed by atoms with E-state index in [2.05, 4.69) is 19.6 Å². The number of allylic oxidation sites excluding steroid dienone is 1. The summed E-state index contributed by atoms with van der Waals surface area (Å²) in [6, 6.07) is 21.4. The molecule has 0 bridgehead atoms. The molecule has 5 nitrogen and oxygen atoms in total. The van der Waals surface area contributed by atoms with Crippen LogP contribution in [0, 0.1) is 11.3 Å². The number of para-hydroxylation sites is 1. The number of carbonyl (C=O) groups excluding carboxylic acids is 1. The summed E-state index contributed by atoms with van der Waals surface area (Å²) >= 11 is 0. The van der Waals surface area contributed by atoms with Gasteiger partial charge in [0.15, 0.2) is 11.5 Å². The lowest BCUT2D eigenvalue weighted by molar-refractivity contribution is -0.113. The number of fused-ring (bicyclic) bond motifs is 1. The van der Waals surface area contributed by atoms with Crippen LogP contribution in [0.2, 0.25) is 0 Å². The molecule has 0 saturated carbocycles. The molecular formula is C31H30N2O3. The molecule has 1 amide bonds. The second-order valence-electron chi connectivity index (χ2n) is 8.52. The van der Waals surface area contributed by atoms with Gasteiger partial charge in [0.2, 0.25) is 0 Å². The second kappa shape index (κ2) is 11.4. The number of rotatable bonds is 10. The summed E-state index contributed by atoms with van der Waals surface area (Å²) in [5.41, 5.74) is 5.70. The maximum atomic E-state index is 13.3. The van der Waals surface area contributed by atoms with E-state index >= 15 is 0 Å². The summed E-state index contributed by atoms with van der Waals surface area (Å²) in [5, 5.41) is 9.43. The largest absolute Gasteiger partial charge is 0.490 e. The van der Waals surface area contributed by atoms with Crippen molar-refractivity contribution in [2.24, 2.45) is 0 Å². The quantitative estimate of drug-likeness (QED) is 0.244. The zero-order chi connectivity index (χ0) is 25.5. The molecule has 0 unspecified atom stereocenters. The molecule has 0 fully saturated rings. The van der Waals surface area contributed by atoms with Crippen LogP contribution in [0.5, 0.6) is 11.5 Å². The highest BCUT2D eigenvalue weighted by Crippen LogP contribution is 2.40. The zero-order valence-corrected chi connectivity index (χ0v) is 20.8. The van der Waals surface area contributed by atoms with Crippen molar-refractivity contribution in [2.45, 2.75) is 33.3 Å². The number of hydrogen-bond donors (Lipinski definition) is 0. The summed E-state index contributed by atoms with van der Waals surface area (Å²) < 4.78 is 12.2. The maximum Gasteiger partial charge on any atom is 0.258 e. The normalized spacial score (nSPS) is 13.4. The van der Waals surface area contributed by atoms with Gasteiger partial charge in [0.25, 0.3) is 5.91 Å². The molecular weight excluding hydrogens is 448 g/mol. The van der Waals surface area contributed by atoms with E-state index in [1.54, 1.807) is 6.07 Å². The number of carbonyl (C=O) groups is 1. The summed E-state index contributed by atoms with van der Waals surface area (Å²) in [7, 11) is 0. The highest BCUT2D eigenvalue weighted by molar-refractivity contribution is 6.35. The first kappa shape index (κ1) is 24.8. The van der Waals surface area contributed by atoms with E-state index in [4.69, 9.17) is 9.47 Å². The van der Waals surface area contributed by atoms with Gasteiger partial charge in [0.05, 0.1) is 23.9 Å². The number of ether oxygens (including phenoxy) is 2. The highest BCUT2D eigenvalue weighted by Gasteiger charge is 2.31. The smallest absolute Gasteiger partial charge is 0.258 e. The van der Waals surface area contributed by atoms with Gasteiger partial charge < -0.3 is 14.4 Å². The van der Waals surface area contributed by atoms with Crippen LogP contribution in [-0.2, 0) is 17.8 Å². The van der Waals surface area contributed by atoms with Gasteiger partial charge in [-0.05, 0) is 55.7 Å². The summed E-state index contributed by atoms with van der Waals surface area (Å²) in [5.74, 6) is 1.23. The van der Waals surface area contributed by atoms with Crippen LogP contribution >= 0.6 is 0 Å². The van der Waals surface area contributed by atoms with E-state index in [-0.39, 0.29) is 12.5 Å². The van der Waals surface area contributed by atoms with Gasteiger partial charge >= 0.3 is 0 Å². The Hall–Kier alpha value is -4.30. The molecule has 1 heterocycles. The average Bonchev–Trinajstić information content (AvgIpc) is 3.15. The summed E-state index contributed by atoms with van der Waals surface area (Å²) in [4.78, 5) is 15.2.